The Morgan fingerprint density at radius 3 is 2.35 bits per heavy atom. The average molecular weight is 503 g/mol. The molecule has 3 aromatic rings. The summed E-state index contributed by atoms with van der Waals surface area (Å²) in [5.41, 5.74) is 1.54. The minimum absolute atomic E-state index is 0.117. The van der Waals surface area contributed by atoms with E-state index in [-0.39, 0.29) is 30.4 Å². The smallest absolute Gasteiger partial charge is 0.261 e. The molecule has 9 nitrogen and oxygen atoms in total. The molecule has 9 heteroatoms. The fourth-order valence-electron chi connectivity index (χ4n) is 4.41. The number of nitrogens with one attached hydrogen (secondary N) is 1. The van der Waals surface area contributed by atoms with Gasteiger partial charge in [-0.2, -0.15) is 0 Å². The summed E-state index contributed by atoms with van der Waals surface area (Å²) >= 11 is 0. The van der Waals surface area contributed by atoms with E-state index in [2.05, 4.69) is 5.32 Å². The first-order valence-electron chi connectivity index (χ1n) is 11.9. The van der Waals surface area contributed by atoms with Gasteiger partial charge in [0, 0.05) is 30.0 Å². The molecule has 3 aromatic carbocycles. The van der Waals surface area contributed by atoms with Crippen molar-refractivity contribution in [2.24, 2.45) is 0 Å². The molecule has 5 rings (SSSR count). The summed E-state index contributed by atoms with van der Waals surface area (Å²) < 4.78 is 22.0. The second-order valence-corrected chi connectivity index (χ2v) is 8.75. The second kappa shape index (κ2) is 10.3. The minimum Gasteiger partial charge on any atom is -0.497 e. The van der Waals surface area contributed by atoms with E-state index in [1.54, 1.807) is 60.7 Å². The molecule has 1 unspecified atom stereocenters. The molecule has 1 N–H and O–H groups in total. The Bertz CT molecular complexity index is 1340. The van der Waals surface area contributed by atoms with Crippen molar-refractivity contribution in [3.8, 4) is 23.0 Å². The Hall–Kier alpha value is -4.37. The lowest BCUT2D eigenvalue weighted by atomic mass is 10.1. The quantitative estimate of drug-likeness (QED) is 0.452. The molecule has 2 aliphatic rings. The van der Waals surface area contributed by atoms with Crippen LogP contribution >= 0.6 is 0 Å². The number of ether oxygens (including phenoxy) is 4. The van der Waals surface area contributed by atoms with Gasteiger partial charge < -0.3 is 24.3 Å². The van der Waals surface area contributed by atoms with Crippen molar-refractivity contribution < 1.29 is 33.3 Å². The number of methoxy groups -OCH3 is 2. The predicted molar refractivity (Wildman–Crippen MR) is 135 cm³/mol. The van der Waals surface area contributed by atoms with Crippen molar-refractivity contribution in [3.63, 3.8) is 0 Å². The van der Waals surface area contributed by atoms with Crippen LogP contribution in [0.25, 0.3) is 0 Å². The summed E-state index contributed by atoms with van der Waals surface area (Å²) in [4.78, 5) is 39.8. The highest BCUT2D eigenvalue weighted by atomic mass is 16.5. The van der Waals surface area contributed by atoms with Gasteiger partial charge in [0.15, 0.2) is 0 Å². The number of anilines is 1. The van der Waals surface area contributed by atoms with E-state index in [1.807, 2.05) is 0 Å². The molecule has 190 valence electrons. The van der Waals surface area contributed by atoms with Gasteiger partial charge in [-0.15, -0.1) is 0 Å². The lowest BCUT2D eigenvalue weighted by Crippen LogP contribution is -2.36. The highest BCUT2D eigenvalue weighted by Gasteiger charge is 2.37. The third-order valence-corrected chi connectivity index (χ3v) is 6.29. The molecule has 0 bridgehead atoms. The molecule has 0 spiro atoms. The largest absolute Gasteiger partial charge is 0.497 e. The first-order chi connectivity index (χ1) is 17.9. The number of benzene rings is 3. The molecule has 0 saturated carbocycles. The number of amides is 3. The Morgan fingerprint density at radius 1 is 0.919 bits per heavy atom. The van der Waals surface area contributed by atoms with Gasteiger partial charge in [0.2, 0.25) is 0 Å². The van der Waals surface area contributed by atoms with Gasteiger partial charge in [0.1, 0.15) is 23.0 Å². The van der Waals surface area contributed by atoms with Crippen molar-refractivity contribution in [3.05, 3.63) is 77.4 Å². The van der Waals surface area contributed by atoms with Crippen LogP contribution in [0.4, 0.5) is 5.69 Å². The van der Waals surface area contributed by atoms with E-state index in [9.17, 15) is 14.4 Å². The zero-order valence-electron chi connectivity index (χ0n) is 20.5. The van der Waals surface area contributed by atoms with Gasteiger partial charge in [-0.3, -0.25) is 19.3 Å². The van der Waals surface area contributed by atoms with Gasteiger partial charge in [-0.25, -0.2) is 0 Å². The highest BCUT2D eigenvalue weighted by Crippen LogP contribution is 2.31. The number of carbonyl (C=O) groups is 3. The third kappa shape index (κ3) is 5.12. The molecule has 1 saturated heterocycles. The topological polar surface area (TPSA) is 103 Å². The maximum Gasteiger partial charge on any atom is 0.261 e. The van der Waals surface area contributed by atoms with E-state index in [0.29, 0.717) is 52.0 Å². The van der Waals surface area contributed by atoms with Crippen LogP contribution in [0.15, 0.2) is 60.7 Å². The molecule has 37 heavy (non-hydrogen) atoms. The number of hydrogen-bond donors (Lipinski definition) is 1. The number of carbonyl (C=O) groups excluding carboxylic acids is 3. The summed E-state index contributed by atoms with van der Waals surface area (Å²) in [5, 5.41) is 2.83. The number of hydrogen-bond acceptors (Lipinski definition) is 7. The molecule has 0 radical (unpaired) electrons. The van der Waals surface area contributed by atoms with Crippen molar-refractivity contribution in [1.82, 2.24) is 4.90 Å². The summed E-state index contributed by atoms with van der Waals surface area (Å²) in [7, 11) is 3.03. The molecular formula is C28H26N2O7. The van der Waals surface area contributed by atoms with Gasteiger partial charge >= 0.3 is 0 Å². The van der Waals surface area contributed by atoms with E-state index in [1.165, 1.54) is 19.1 Å². The number of nitrogens with zero attached hydrogens (tertiary/aromatic N) is 1. The minimum atomic E-state index is -0.351. The molecule has 1 fully saturated rings. The van der Waals surface area contributed by atoms with Crippen LogP contribution in [0.2, 0.25) is 0 Å². The lowest BCUT2D eigenvalue weighted by Gasteiger charge is -2.17. The van der Waals surface area contributed by atoms with Crippen molar-refractivity contribution in [2.75, 3.05) is 32.7 Å². The standard InChI is InChI=1S/C28H26N2O7/c1-34-22-11-17(12-23(14-22)35-2)26(31)29-18-5-3-6-19(13-18)37-20-8-9-24-25(15-20)28(33)30(27(24)32)16-21-7-4-10-36-21/h3,5-6,8-9,11-15,21H,4,7,10,16H2,1-2H3,(H,29,31). The van der Waals surface area contributed by atoms with Gasteiger partial charge in [-0.05, 0) is 55.3 Å². The first kappa shape index (κ1) is 24.3. The summed E-state index contributed by atoms with van der Waals surface area (Å²) in [6.45, 7) is 0.905. The number of fused-ring (bicyclic) bond motifs is 1. The first-order valence-corrected chi connectivity index (χ1v) is 11.9. The van der Waals surface area contributed by atoms with Crippen molar-refractivity contribution in [2.45, 2.75) is 18.9 Å². The Kier molecular flexibility index (Phi) is 6.78. The fraction of sp³-hybridized carbons (Fsp3) is 0.250. The molecule has 0 aromatic heterocycles. The van der Waals surface area contributed by atoms with E-state index >= 15 is 0 Å². The number of imide groups is 1. The lowest BCUT2D eigenvalue weighted by molar-refractivity contribution is 0.0475. The molecule has 1 atom stereocenters. The highest BCUT2D eigenvalue weighted by molar-refractivity contribution is 6.21. The van der Waals surface area contributed by atoms with Crippen molar-refractivity contribution in [1.29, 1.82) is 0 Å². The van der Waals surface area contributed by atoms with Crippen LogP contribution in [-0.4, -0.2) is 56.1 Å². The molecule has 3 amide bonds. The van der Waals surface area contributed by atoms with Crippen LogP contribution in [0.5, 0.6) is 23.0 Å². The van der Waals surface area contributed by atoms with Gasteiger partial charge in [0.05, 0.1) is 38.0 Å². The molecular weight excluding hydrogens is 476 g/mol. The van der Waals surface area contributed by atoms with E-state index in [0.717, 1.165) is 12.8 Å². The van der Waals surface area contributed by atoms with Gasteiger partial charge in [-0.1, -0.05) is 6.07 Å². The van der Waals surface area contributed by atoms with Crippen LogP contribution in [-0.2, 0) is 4.74 Å². The monoisotopic (exact) mass is 502 g/mol. The molecule has 0 aliphatic carbocycles. The molecule has 2 heterocycles. The SMILES string of the molecule is COc1cc(OC)cc(C(=O)Nc2cccc(Oc3ccc4c(c3)C(=O)N(CC3CCCO3)C4=O)c2)c1. The zero-order chi connectivity index (χ0) is 25.9. The summed E-state index contributed by atoms with van der Waals surface area (Å²) in [5.74, 6) is 0.842. The third-order valence-electron chi connectivity index (χ3n) is 6.29. The normalized spacial score (nSPS) is 16.5. The summed E-state index contributed by atoms with van der Waals surface area (Å²) in [6, 6.07) is 16.6. The van der Waals surface area contributed by atoms with E-state index < -0.39 is 0 Å². The maximum atomic E-state index is 12.9. The van der Waals surface area contributed by atoms with E-state index in [4.69, 9.17) is 18.9 Å². The predicted octanol–water partition coefficient (Wildman–Crippen LogP) is 4.52. The van der Waals surface area contributed by atoms with Crippen molar-refractivity contribution >= 4 is 23.4 Å². The Balaban J connectivity index is 1.29. The fourth-order valence-corrected chi connectivity index (χ4v) is 4.41. The Labute approximate surface area is 213 Å². The maximum absolute atomic E-state index is 12.9. The second-order valence-electron chi connectivity index (χ2n) is 8.75. The average Bonchev–Trinajstić information content (AvgIpc) is 3.51. The van der Waals surface area contributed by atoms with Crippen LogP contribution in [0, 0.1) is 0 Å². The number of rotatable bonds is 8. The zero-order valence-corrected chi connectivity index (χ0v) is 20.5. The van der Waals surface area contributed by atoms with Gasteiger partial charge in [0.25, 0.3) is 17.7 Å². The van der Waals surface area contributed by atoms with Crippen LogP contribution in [0.3, 0.4) is 0 Å². The summed E-state index contributed by atoms with van der Waals surface area (Å²) in [6.07, 6.45) is 1.65. The van der Waals surface area contributed by atoms with Crippen LogP contribution in [0.1, 0.15) is 43.9 Å². The Morgan fingerprint density at radius 2 is 1.65 bits per heavy atom. The van der Waals surface area contributed by atoms with Crippen LogP contribution < -0.4 is 19.5 Å². The molecule has 2 aliphatic heterocycles.